The van der Waals surface area contributed by atoms with Crippen LogP contribution >= 0.6 is 0 Å². The Morgan fingerprint density at radius 1 is 0.365 bits per heavy atom. The van der Waals surface area contributed by atoms with Crippen molar-refractivity contribution in [2.75, 3.05) is 191 Å². The third-order valence-electron chi connectivity index (χ3n) is 8.34. The fourth-order valence-corrected chi connectivity index (χ4v) is 4.97. The fourth-order valence-electron chi connectivity index (χ4n) is 4.97. The highest BCUT2D eigenvalue weighted by Crippen LogP contribution is 2.10. The van der Waals surface area contributed by atoms with Gasteiger partial charge in [-0.2, -0.15) is 0 Å². The molecule has 0 aromatic carbocycles. The zero-order chi connectivity index (χ0) is 46.9. The van der Waals surface area contributed by atoms with Crippen molar-refractivity contribution in [3.63, 3.8) is 0 Å². The van der Waals surface area contributed by atoms with Crippen molar-refractivity contribution < 1.29 is 102 Å². The lowest BCUT2D eigenvalue weighted by Gasteiger charge is -2.32. The van der Waals surface area contributed by atoms with Crippen LogP contribution in [0.15, 0.2) is 0 Å². The highest BCUT2D eigenvalue weighted by atomic mass is 16.6. The Balaban J connectivity index is 0. The van der Waals surface area contributed by atoms with Crippen LogP contribution in [0.3, 0.4) is 0 Å². The predicted octanol–water partition coefficient (Wildman–Crippen LogP) is -2.97. The van der Waals surface area contributed by atoms with Crippen LogP contribution in [0.25, 0.3) is 0 Å². The number of hydrogen-bond donors (Lipinski definition) is 8. The second-order valence-electron chi connectivity index (χ2n) is 13.3. The number of nitrogens with zero attached hydrogens (tertiary/aromatic N) is 1. The number of hydrogen-bond acceptors (Lipinski definition) is 22. The van der Waals surface area contributed by atoms with Crippen LogP contribution in [-0.2, 0) is 61.6 Å². The minimum atomic E-state index is -1.56. The number of aldehydes is 1. The Bertz CT molecular complexity index is 865. The number of carbonyl (C=O) groups is 1. The molecule has 0 fully saturated rings. The third-order valence-corrected chi connectivity index (χ3v) is 8.34. The van der Waals surface area contributed by atoms with Gasteiger partial charge in [0, 0.05) is 39.3 Å². The van der Waals surface area contributed by atoms with Crippen LogP contribution in [0.2, 0.25) is 0 Å². The molecule has 8 N–H and O–H groups in total. The Morgan fingerprint density at radius 3 is 0.810 bits per heavy atom. The molecule has 0 radical (unpaired) electrons. The first-order valence-electron chi connectivity index (χ1n) is 22.2. The molecule has 0 aromatic heterocycles. The van der Waals surface area contributed by atoms with Crippen molar-refractivity contribution >= 4 is 6.29 Å². The molecule has 0 aliphatic heterocycles. The van der Waals surface area contributed by atoms with Crippen molar-refractivity contribution in [1.29, 1.82) is 0 Å². The van der Waals surface area contributed by atoms with Gasteiger partial charge in [-0.05, 0) is 12.8 Å². The smallest absolute Gasteiger partial charge is 0.122 e. The average Bonchev–Trinajstić information content (AvgIpc) is 3.28. The molecule has 0 heterocycles. The number of aliphatic hydroxyl groups excluding tert-OH is 8. The van der Waals surface area contributed by atoms with Crippen molar-refractivity contribution in [3.05, 3.63) is 0 Å². The molecule has 22 nitrogen and oxygen atoms in total. The normalized spacial score (nSPS) is 14.6. The molecule has 380 valence electrons. The summed E-state index contributed by atoms with van der Waals surface area (Å²) in [7, 11) is 0. The quantitative estimate of drug-likeness (QED) is 0.0223. The molecule has 6 atom stereocenters. The SMILES string of the molecule is CC.O=CCCOCCOCCOCCOCCOCCOCCOCCOCCOCCOCCOCCOCCN(CC(O)C(O)C(O)CCO)CC(O)C(O)C(O)CCO. The van der Waals surface area contributed by atoms with Gasteiger partial charge in [0.15, 0.2) is 0 Å². The molecule has 0 saturated heterocycles. The second kappa shape index (κ2) is 51.8. The summed E-state index contributed by atoms with van der Waals surface area (Å²) in [6.45, 7) is 12.9. The molecule has 0 saturated carbocycles. The Hall–Kier alpha value is -1.17. The van der Waals surface area contributed by atoms with E-state index in [1.165, 1.54) is 4.90 Å². The highest BCUT2D eigenvalue weighted by Gasteiger charge is 2.30. The molecule has 0 aliphatic carbocycles. The van der Waals surface area contributed by atoms with Gasteiger partial charge in [-0.3, -0.25) is 4.90 Å². The highest BCUT2D eigenvalue weighted by molar-refractivity contribution is 5.49. The van der Waals surface area contributed by atoms with Crippen LogP contribution < -0.4 is 0 Å². The first kappa shape index (κ1) is 63.9. The van der Waals surface area contributed by atoms with E-state index in [4.69, 9.17) is 67.1 Å². The van der Waals surface area contributed by atoms with Crippen molar-refractivity contribution in [2.24, 2.45) is 0 Å². The standard InChI is InChI=1S/C39H79NO21.C2H6/c41-5-1-8-50-10-12-52-14-16-54-18-20-56-22-24-58-26-28-60-30-31-61-29-27-59-25-23-57-21-19-55-17-15-53-13-11-51-9-4-40(32-36(46)38(48)34(44)2-6-42)33-37(47)39(49)35(45)3-7-43;1-2/h5,34-39,42-49H,1-4,6-33H2;1-2H3. The van der Waals surface area contributed by atoms with Crippen LogP contribution in [0, 0.1) is 0 Å². The van der Waals surface area contributed by atoms with Gasteiger partial charge in [0.2, 0.25) is 0 Å². The predicted molar refractivity (Wildman–Crippen MR) is 228 cm³/mol. The van der Waals surface area contributed by atoms with Gasteiger partial charge in [0.25, 0.3) is 0 Å². The minimum absolute atomic E-state index is 0.138. The lowest BCUT2D eigenvalue weighted by molar-refractivity contribution is -0.109. The first-order valence-corrected chi connectivity index (χ1v) is 22.2. The van der Waals surface area contributed by atoms with E-state index < -0.39 is 36.6 Å². The summed E-state index contributed by atoms with van der Waals surface area (Å²) in [4.78, 5) is 11.7. The number of aliphatic hydroxyl groups is 8. The van der Waals surface area contributed by atoms with Gasteiger partial charge in [0.1, 0.15) is 18.5 Å². The van der Waals surface area contributed by atoms with Crippen LogP contribution in [0.4, 0.5) is 0 Å². The van der Waals surface area contributed by atoms with Gasteiger partial charge in [-0.15, -0.1) is 0 Å². The average molecular weight is 928 g/mol. The molecule has 0 amide bonds. The molecule has 0 rings (SSSR count). The van der Waals surface area contributed by atoms with E-state index in [1.807, 2.05) is 13.8 Å². The molecule has 0 bridgehead atoms. The van der Waals surface area contributed by atoms with Gasteiger partial charge in [0.05, 0.1) is 183 Å². The molecule has 6 unspecified atom stereocenters. The van der Waals surface area contributed by atoms with Gasteiger partial charge in [-0.1, -0.05) is 13.8 Å². The van der Waals surface area contributed by atoms with E-state index in [0.717, 1.165) is 6.29 Å². The summed E-state index contributed by atoms with van der Waals surface area (Å²) < 4.78 is 65.3. The molecule has 0 spiro atoms. The number of ether oxygens (including phenoxy) is 12. The maximum absolute atomic E-state index is 10.4. The first-order chi connectivity index (χ1) is 30.8. The topological polar surface area (TPSA) is 293 Å². The molecule has 22 heteroatoms. The monoisotopic (exact) mass is 928 g/mol. The van der Waals surface area contributed by atoms with Crippen molar-refractivity contribution in [2.45, 2.75) is 69.7 Å². The molecule has 0 aromatic rings. The maximum atomic E-state index is 10.4. The Kier molecular flexibility index (Phi) is 52.6. The van der Waals surface area contributed by atoms with Crippen molar-refractivity contribution in [3.8, 4) is 0 Å². The zero-order valence-corrected chi connectivity index (χ0v) is 38.0. The fraction of sp³-hybridized carbons (Fsp3) is 0.976. The van der Waals surface area contributed by atoms with E-state index in [2.05, 4.69) is 0 Å². The Labute approximate surface area is 374 Å². The third kappa shape index (κ3) is 44.4. The molecule has 0 aliphatic rings. The van der Waals surface area contributed by atoms with E-state index in [1.54, 1.807) is 0 Å². The van der Waals surface area contributed by atoms with Crippen LogP contribution in [0.1, 0.15) is 33.1 Å². The molecule has 63 heavy (non-hydrogen) atoms. The molecular formula is C41H85NO21. The summed E-state index contributed by atoms with van der Waals surface area (Å²) in [5.41, 5.74) is 0. The van der Waals surface area contributed by atoms with E-state index >= 15 is 0 Å². The summed E-state index contributed by atoms with van der Waals surface area (Å²) >= 11 is 0. The maximum Gasteiger partial charge on any atom is 0.122 e. The van der Waals surface area contributed by atoms with E-state index in [9.17, 15) is 35.4 Å². The minimum Gasteiger partial charge on any atom is -0.396 e. The molecular weight excluding hydrogens is 842 g/mol. The lowest BCUT2D eigenvalue weighted by atomic mass is 10.0. The second-order valence-corrected chi connectivity index (χ2v) is 13.3. The summed E-state index contributed by atoms with van der Waals surface area (Å²) in [6.07, 6.45) is -7.78. The summed E-state index contributed by atoms with van der Waals surface area (Å²) in [5.74, 6) is 0. The van der Waals surface area contributed by atoms with Gasteiger partial charge in [-0.25, -0.2) is 0 Å². The number of rotatable bonds is 51. The number of carbonyl (C=O) groups excluding carboxylic acids is 1. The van der Waals surface area contributed by atoms with Gasteiger partial charge < -0.3 is 102 Å². The summed E-state index contributed by atoms with van der Waals surface area (Å²) in [6, 6.07) is 0. The Morgan fingerprint density at radius 2 is 0.587 bits per heavy atom. The zero-order valence-electron chi connectivity index (χ0n) is 38.0. The van der Waals surface area contributed by atoms with Crippen molar-refractivity contribution in [1.82, 2.24) is 4.90 Å². The van der Waals surface area contributed by atoms with Gasteiger partial charge >= 0.3 is 0 Å². The summed E-state index contributed by atoms with van der Waals surface area (Å²) in [5, 5.41) is 78.9. The largest absolute Gasteiger partial charge is 0.396 e. The van der Waals surface area contributed by atoms with E-state index in [0.29, 0.717) is 145 Å². The lowest BCUT2D eigenvalue weighted by Crippen LogP contribution is -2.50. The van der Waals surface area contributed by atoms with Crippen LogP contribution in [0.5, 0.6) is 0 Å². The van der Waals surface area contributed by atoms with Crippen LogP contribution in [-0.4, -0.2) is 280 Å². The van der Waals surface area contributed by atoms with E-state index in [-0.39, 0.29) is 65.5 Å².